The first-order chi connectivity index (χ1) is 8.56. The maximum atomic E-state index is 11.7. The molecular weight excluding hydrogens is 224 g/mol. The summed E-state index contributed by atoms with van der Waals surface area (Å²) in [7, 11) is 0. The Bertz CT molecular complexity index is 444. The van der Waals surface area contributed by atoms with Gasteiger partial charge in [0, 0.05) is 11.5 Å². The average Bonchev–Trinajstić information content (AvgIpc) is 2.38. The van der Waals surface area contributed by atoms with E-state index in [-0.39, 0.29) is 11.7 Å². The molecule has 1 aromatic rings. The molecule has 96 valence electrons. The second-order valence-corrected chi connectivity index (χ2v) is 4.79. The van der Waals surface area contributed by atoms with Crippen molar-refractivity contribution < 1.29 is 9.59 Å². The van der Waals surface area contributed by atoms with Gasteiger partial charge in [-0.1, -0.05) is 44.7 Å². The van der Waals surface area contributed by atoms with Gasteiger partial charge in [0.05, 0.1) is 0 Å². The summed E-state index contributed by atoms with van der Waals surface area (Å²) in [5.74, 6) is 0.151. The number of carbonyl (C=O) groups excluding carboxylic acids is 2. The van der Waals surface area contributed by atoms with Gasteiger partial charge in [0.25, 0.3) is 0 Å². The lowest BCUT2D eigenvalue weighted by Crippen LogP contribution is -2.09. The monoisotopic (exact) mass is 244 g/mol. The maximum absolute atomic E-state index is 11.7. The highest BCUT2D eigenvalue weighted by Gasteiger charge is 2.11. The number of carbonyl (C=O) groups is 2. The molecule has 0 saturated heterocycles. The van der Waals surface area contributed by atoms with E-state index in [1.807, 2.05) is 38.1 Å². The summed E-state index contributed by atoms with van der Waals surface area (Å²) in [5.41, 5.74) is 2.46. The van der Waals surface area contributed by atoms with E-state index in [4.69, 9.17) is 0 Å². The van der Waals surface area contributed by atoms with Gasteiger partial charge in [0.1, 0.15) is 6.29 Å². The van der Waals surface area contributed by atoms with Crippen molar-refractivity contribution in [1.82, 2.24) is 0 Å². The lowest BCUT2D eigenvalue weighted by atomic mass is 9.96. The molecular formula is C16H20O2. The zero-order chi connectivity index (χ0) is 13.5. The first kappa shape index (κ1) is 14.4. The van der Waals surface area contributed by atoms with Crippen LogP contribution < -0.4 is 0 Å². The van der Waals surface area contributed by atoms with E-state index in [0.29, 0.717) is 12.0 Å². The summed E-state index contributed by atoms with van der Waals surface area (Å²) in [6.45, 7) is 7.60. The number of rotatable bonds is 7. The van der Waals surface area contributed by atoms with Gasteiger partial charge >= 0.3 is 0 Å². The first-order valence-electron chi connectivity index (χ1n) is 6.31. The molecule has 0 radical (unpaired) electrons. The Balaban J connectivity index is 2.49. The number of Topliss-reactive ketones (excluding diaryl/α,β-unsaturated/α-hetero) is 1. The summed E-state index contributed by atoms with van der Waals surface area (Å²) in [6.07, 6.45) is 3.23. The van der Waals surface area contributed by atoms with Crippen LogP contribution in [0.5, 0.6) is 0 Å². The van der Waals surface area contributed by atoms with Gasteiger partial charge in [0.15, 0.2) is 5.78 Å². The topological polar surface area (TPSA) is 34.1 Å². The van der Waals surface area contributed by atoms with Gasteiger partial charge < -0.3 is 0 Å². The van der Waals surface area contributed by atoms with Crippen molar-refractivity contribution in [2.24, 2.45) is 5.92 Å². The Morgan fingerprint density at radius 1 is 1.33 bits per heavy atom. The molecule has 2 heteroatoms. The normalized spacial score (nSPS) is 10.4. The van der Waals surface area contributed by atoms with Crippen LogP contribution in [0.3, 0.4) is 0 Å². The predicted molar refractivity (Wildman–Crippen MR) is 73.8 cm³/mol. The van der Waals surface area contributed by atoms with E-state index < -0.39 is 0 Å². The standard InChI is InChI=1S/C16H20O2/c1-12(2)16(18)13(3)7-6-10-14-8-4-5-9-15(14)11-17/h4-5,8-9,11-12H,3,6-7,10H2,1-2H3. The summed E-state index contributed by atoms with van der Waals surface area (Å²) in [6, 6.07) is 7.55. The highest BCUT2D eigenvalue weighted by atomic mass is 16.1. The number of ketones is 1. The summed E-state index contributed by atoms with van der Waals surface area (Å²) in [5, 5.41) is 0. The molecule has 0 heterocycles. The molecule has 0 N–H and O–H groups in total. The van der Waals surface area contributed by atoms with E-state index in [0.717, 1.165) is 30.3 Å². The molecule has 1 rings (SSSR count). The number of allylic oxidation sites excluding steroid dienone is 1. The number of aldehydes is 1. The van der Waals surface area contributed by atoms with E-state index in [9.17, 15) is 9.59 Å². The summed E-state index contributed by atoms with van der Waals surface area (Å²) < 4.78 is 0. The average molecular weight is 244 g/mol. The molecule has 0 spiro atoms. The zero-order valence-electron chi connectivity index (χ0n) is 11.1. The van der Waals surface area contributed by atoms with Crippen molar-refractivity contribution in [3.8, 4) is 0 Å². The Morgan fingerprint density at radius 2 is 2.00 bits per heavy atom. The van der Waals surface area contributed by atoms with Crippen molar-refractivity contribution >= 4 is 12.1 Å². The quantitative estimate of drug-likeness (QED) is 0.542. The van der Waals surface area contributed by atoms with Crippen molar-refractivity contribution in [2.45, 2.75) is 33.1 Å². The number of aryl methyl sites for hydroxylation is 1. The highest BCUT2D eigenvalue weighted by molar-refractivity contribution is 5.96. The van der Waals surface area contributed by atoms with Crippen molar-refractivity contribution in [1.29, 1.82) is 0 Å². The number of benzene rings is 1. The first-order valence-corrected chi connectivity index (χ1v) is 6.31. The molecule has 0 aliphatic rings. The third-order valence-electron chi connectivity index (χ3n) is 2.98. The fraction of sp³-hybridized carbons (Fsp3) is 0.375. The molecule has 0 saturated carbocycles. The molecule has 0 aromatic heterocycles. The summed E-state index contributed by atoms with van der Waals surface area (Å²) >= 11 is 0. The molecule has 1 aromatic carbocycles. The van der Waals surface area contributed by atoms with Crippen LogP contribution in [-0.4, -0.2) is 12.1 Å². The van der Waals surface area contributed by atoms with Gasteiger partial charge in [-0.05, 0) is 30.4 Å². The van der Waals surface area contributed by atoms with Crippen LogP contribution in [0.2, 0.25) is 0 Å². The minimum atomic E-state index is 0.0137. The number of hydrogen-bond donors (Lipinski definition) is 0. The largest absolute Gasteiger partial charge is 0.298 e. The smallest absolute Gasteiger partial charge is 0.160 e. The van der Waals surface area contributed by atoms with Crippen LogP contribution in [0.1, 0.15) is 42.6 Å². The Kier molecular flexibility index (Phi) is 5.50. The lowest BCUT2D eigenvalue weighted by molar-refractivity contribution is -0.118. The van der Waals surface area contributed by atoms with Gasteiger partial charge in [0.2, 0.25) is 0 Å². The molecule has 0 atom stereocenters. The third-order valence-corrected chi connectivity index (χ3v) is 2.98. The SMILES string of the molecule is C=C(CCCc1ccccc1C=O)C(=O)C(C)C. The van der Waals surface area contributed by atoms with E-state index in [1.54, 1.807) is 0 Å². The van der Waals surface area contributed by atoms with Crippen molar-refractivity contribution in [3.63, 3.8) is 0 Å². The van der Waals surface area contributed by atoms with Crippen LogP contribution in [0.25, 0.3) is 0 Å². The minimum absolute atomic E-state index is 0.0137. The molecule has 0 amide bonds. The molecule has 0 bridgehead atoms. The third kappa shape index (κ3) is 3.95. The molecule has 0 unspecified atom stereocenters. The second kappa shape index (κ2) is 6.90. The van der Waals surface area contributed by atoms with Crippen LogP contribution in [0, 0.1) is 5.92 Å². The zero-order valence-corrected chi connectivity index (χ0v) is 11.1. The molecule has 0 fully saturated rings. The fourth-order valence-corrected chi connectivity index (χ4v) is 1.90. The van der Waals surface area contributed by atoms with Crippen LogP contribution in [0.15, 0.2) is 36.4 Å². The van der Waals surface area contributed by atoms with E-state index >= 15 is 0 Å². The Hall–Kier alpha value is -1.70. The van der Waals surface area contributed by atoms with Crippen molar-refractivity contribution in [3.05, 3.63) is 47.5 Å². The minimum Gasteiger partial charge on any atom is -0.298 e. The Labute approximate surface area is 109 Å². The van der Waals surface area contributed by atoms with Gasteiger partial charge in [-0.2, -0.15) is 0 Å². The van der Waals surface area contributed by atoms with E-state index in [1.165, 1.54) is 0 Å². The van der Waals surface area contributed by atoms with Gasteiger partial charge in [-0.25, -0.2) is 0 Å². The second-order valence-electron chi connectivity index (χ2n) is 4.79. The number of hydrogen-bond acceptors (Lipinski definition) is 2. The van der Waals surface area contributed by atoms with Crippen molar-refractivity contribution in [2.75, 3.05) is 0 Å². The van der Waals surface area contributed by atoms with E-state index in [2.05, 4.69) is 6.58 Å². The van der Waals surface area contributed by atoms with Crippen LogP contribution >= 0.6 is 0 Å². The maximum Gasteiger partial charge on any atom is 0.160 e. The molecule has 2 nitrogen and oxygen atoms in total. The van der Waals surface area contributed by atoms with Crippen LogP contribution in [-0.2, 0) is 11.2 Å². The Morgan fingerprint density at radius 3 is 2.61 bits per heavy atom. The van der Waals surface area contributed by atoms with Gasteiger partial charge in [-0.15, -0.1) is 0 Å². The molecule has 0 aliphatic carbocycles. The molecule has 18 heavy (non-hydrogen) atoms. The van der Waals surface area contributed by atoms with Crippen LogP contribution in [0.4, 0.5) is 0 Å². The lowest BCUT2D eigenvalue weighted by Gasteiger charge is -2.08. The predicted octanol–water partition coefficient (Wildman–Crippen LogP) is 3.60. The summed E-state index contributed by atoms with van der Waals surface area (Å²) in [4.78, 5) is 22.5. The highest BCUT2D eigenvalue weighted by Crippen LogP contribution is 2.15. The van der Waals surface area contributed by atoms with Gasteiger partial charge in [-0.3, -0.25) is 9.59 Å². The molecule has 0 aliphatic heterocycles. The fourth-order valence-electron chi connectivity index (χ4n) is 1.90.